The molecule has 4 nitrogen and oxygen atoms in total. The summed E-state index contributed by atoms with van der Waals surface area (Å²) in [5.74, 6) is 0.290. The van der Waals surface area contributed by atoms with Gasteiger partial charge in [0.15, 0.2) is 0 Å². The number of β-amino-alcohol motifs (C(OH)–C–C–N with tert-alkyl or cyclic N) is 1. The van der Waals surface area contributed by atoms with Crippen molar-refractivity contribution in [1.82, 2.24) is 4.90 Å². The number of hydrogen-bond acceptors (Lipinski definition) is 3. The minimum absolute atomic E-state index is 0.278. The molecule has 0 aromatic heterocycles. The molecule has 2 atom stereocenters. The zero-order valence-electron chi connectivity index (χ0n) is 14.1. The second-order valence-corrected chi connectivity index (χ2v) is 6.41. The van der Waals surface area contributed by atoms with E-state index in [0.29, 0.717) is 25.6 Å². The number of benzene rings is 1. The summed E-state index contributed by atoms with van der Waals surface area (Å²) in [6.45, 7) is 3.64. The summed E-state index contributed by atoms with van der Waals surface area (Å²) in [7, 11) is 0. The molecule has 4 heteroatoms. The summed E-state index contributed by atoms with van der Waals surface area (Å²) < 4.78 is 5.22. The SMILES string of the molecule is CCCCOC(=O)N1CC[C@H](CCCc2ccccc2)[C@H](O)C1. The van der Waals surface area contributed by atoms with E-state index in [9.17, 15) is 9.90 Å². The molecule has 1 aliphatic heterocycles. The van der Waals surface area contributed by atoms with Crippen LogP contribution >= 0.6 is 0 Å². The first-order chi connectivity index (χ1) is 11.2. The van der Waals surface area contributed by atoms with Gasteiger partial charge in [-0.1, -0.05) is 43.7 Å². The number of carbonyl (C=O) groups is 1. The van der Waals surface area contributed by atoms with E-state index in [0.717, 1.165) is 38.5 Å². The van der Waals surface area contributed by atoms with Gasteiger partial charge in [-0.15, -0.1) is 0 Å². The van der Waals surface area contributed by atoms with Gasteiger partial charge in [-0.05, 0) is 43.6 Å². The van der Waals surface area contributed by atoms with E-state index in [1.165, 1.54) is 5.56 Å². The lowest BCUT2D eigenvalue weighted by molar-refractivity contribution is 0.0120. The number of aliphatic hydroxyl groups is 1. The van der Waals surface area contributed by atoms with Crippen molar-refractivity contribution in [3.8, 4) is 0 Å². The molecule has 1 heterocycles. The number of ether oxygens (including phenoxy) is 1. The zero-order chi connectivity index (χ0) is 16.5. The van der Waals surface area contributed by atoms with Crippen LogP contribution in [-0.4, -0.2) is 41.9 Å². The Morgan fingerprint density at radius 2 is 2.09 bits per heavy atom. The molecule has 23 heavy (non-hydrogen) atoms. The Morgan fingerprint density at radius 3 is 2.78 bits per heavy atom. The van der Waals surface area contributed by atoms with Crippen molar-refractivity contribution in [3.05, 3.63) is 35.9 Å². The number of hydrogen-bond donors (Lipinski definition) is 1. The molecule has 128 valence electrons. The van der Waals surface area contributed by atoms with Gasteiger partial charge in [-0.2, -0.15) is 0 Å². The normalized spacial score (nSPS) is 21.2. The molecule has 1 amide bonds. The third kappa shape index (κ3) is 5.87. The lowest BCUT2D eigenvalue weighted by atomic mass is 9.88. The predicted octanol–water partition coefficient (Wildman–Crippen LogP) is 3.63. The fourth-order valence-electron chi connectivity index (χ4n) is 3.09. The summed E-state index contributed by atoms with van der Waals surface area (Å²) in [5.41, 5.74) is 1.35. The molecule has 0 spiro atoms. The number of unbranched alkanes of at least 4 members (excludes halogenated alkanes) is 1. The van der Waals surface area contributed by atoms with E-state index in [-0.39, 0.29) is 6.09 Å². The molecule has 0 aliphatic carbocycles. The summed E-state index contributed by atoms with van der Waals surface area (Å²) in [6.07, 6.45) is 5.19. The number of nitrogens with zero attached hydrogens (tertiary/aromatic N) is 1. The van der Waals surface area contributed by atoms with Gasteiger partial charge in [0, 0.05) is 6.54 Å². The minimum atomic E-state index is -0.432. The number of likely N-dealkylation sites (tertiary alicyclic amines) is 1. The van der Waals surface area contributed by atoms with Crippen LogP contribution in [0.3, 0.4) is 0 Å². The van der Waals surface area contributed by atoms with Crippen LogP contribution in [0, 0.1) is 5.92 Å². The van der Waals surface area contributed by atoms with E-state index >= 15 is 0 Å². The second kappa shape index (κ2) is 9.56. The highest BCUT2D eigenvalue weighted by Crippen LogP contribution is 2.24. The van der Waals surface area contributed by atoms with Gasteiger partial charge in [0.1, 0.15) is 0 Å². The monoisotopic (exact) mass is 319 g/mol. The summed E-state index contributed by atoms with van der Waals surface area (Å²) in [4.78, 5) is 13.6. The fourth-order valence-corrected chi connectivity index (χ4v) is 3.09. The maximum absolute atomic E-state index is 11.9. The molecule has 1 fully saturated rings. The average molecular weight is 319 g/mol. The van der Waals surface area contributed by atoms with Crippen LogP contribution in [-0.2, 0) is 11.2 Å². The van der Waals surface area contributed by atoms with Crippen LogP contribution in [0.25, 0.3) is 0 Å². The minimum Gasteiger partial charge on any atom is -0.449 e. The molecule has 0 saturated carbocycles. The molecule has 1 aliphatic rings. The van der Waals surface area contributed by atoms with E-state index in [4.69, 9.17) is 4.74 Å². The van der Waals surface area contributed by atoms with Gasteiger partial charge < -0.3 is 14.7 Å². The molecule has 1 aromatic rings. The van der Waals surface area contributed by atoms with Gasteiger partial charge in [0.05, 0.1) is 19.3 Å². The first kappa shape index (κ1) is 17.8. The number of rotatable bonds is 7. The van der Waals surface area contributed by atoms with Crippen molar-refractivity contribution in [2.75, 3.05) is 19.7 Å². The molecule has 0 radical (unpaired) electrons. The van der Waals surface area contributed by atoms with Crippen LogP contribution in [0.5, 0.6) is 0 Å². The van der Waals surface area contributed by atoms with Crippen LogP contribution in [0.1, 0.15) is 44.6 Å². The molecule has 0 bridgehead atoms. The topological polar surface area (TPSA) is 49.8 Å². The second-order valence-electron chi connectivity index (χ2n) is 6.41. The molecule has 1 aromatic carbocycles. The third-order valence-corrected chi connectivity index (χ3v) is 4.59. The first-order valence-electron chi connectivity index (χ1n) is 8.84. The van der Waals surface area contributed by atoms with Crippen molar-refractivity contribution in [2.45, 2.75) is 51.6 Å². The summed E-state index contributed by atoms with van der Waals surface area (Å²) >= 11 is 0. The lowest BCUT2D eigenvalue weighted by Crippen LogP contribution is -2.46. The largest absolute Gasteiger partial charge is 0.449 e. The first-order valence-corrected chi connectivity index (χ1v) is 8.84. The number of aliphatic hydroxyl groups excluding tert-OH is 1. The lowest BCUT2D eigenvalue weighted by Gasteiger charge is -2.35. The van der Waals surface area contributed by atoms with Crippen molar-refractivity contribution in [2.24, 2.45) is 5.92 Å². The maximum atomic E-state index is 11.9. The highest BCUT2D eigenvalue weighted by Gasteiger charge is 2.30. The molecule has 2 rings (SSSR count). The van der Waals surface area contributed by atoms with Gasteiger partial charge in [-0.3, -0.25) is 0 Å². The van der Waals surface area contributed by atoms with Crippen LogP contribution < -0.4 is 0 Å². The van der Waals surface area contributed by atoms with E-state index in [2.05, 4.69) is 31.2 Å². The third-order valence-electron chi connectivity index (χ3n) is 4.59. The smallest absolute Gasteiger partial charge is 0.409 e. The Morgan fingerprint density at radius 1 is 1.30 bits per heavy atom. The maximum Gasteiger partial charge on any atom is 0.409 e. The van der Waals surface area contributed by atoms with Crippen LogP contribution in [0.2, 0.25) is 0 Å². The number of amides is 1. The molecule has 0 unspecified atom stereocenters. The molecule has 1 saturated heterocycles. The Hall–Kier alpha value is -1.55. The molecule has 1 N–H and O–H groups in total. The van der Waals surface area contributed by atoms with Gasteiger partial charge in [0.25, 0.3) is 0 Å². The van der Waals surface area contributed by atoms with Gasteiger partial charge >= 0.3 is 6.09 Å². The summed E-state index contributed by atoms with van der Waals surface area (Å²) in [6, 6.07) is 10.4. The van der Waals surface area contributed by atoms with Crippen LogP contribution in [0.15, 0.2) is 30.3 Å². The predicted molar refractivity (Wildman–Crippen MR) is 91.3 cm³/mol. The average Bonchev–Trinajstić information content (AvgIpc) is 2.57. The van der Waals surface area contributed by atoms with Crippen molar-refractivity contribution in [3.63, 3.8) is 0 Å². The highest BCUT2D eigenvalue weighted by atomic mass is 16.6. The summed E-state index contributed by atoms with van der Waals surface area (Å²) in [5, 5.41) is 10.3. The molecular weight excluding hydrogens is 290 g/mol. The van der Waals surface area contributed by atoms with Crippen molar-refractivity contribution >= 4 is 6.09 Å². The zero-order valence-corrected chi connectivity index (χ0v) is 14.1. The van der Waals surface area contributed by atoms with Crippen molar-refractivity contribution < 1.29 is 14.6 Å². The van der Waals surface area contributed by atoms with E-state index < -0.39 is 6.10 Å². The fraction of sp³-hybridized carbons (Fsp3) is 0.632. The Labute approximate surface area is 139 Å². The quantitative estimate of drug-likeness (QED) is 0.781. The Balaban J connectivity index is 1.68. The van der Waals surface area contributed by atoms with Gasteiger partial charge in [-0.25, -0.2) is 4.79 Å². The van der Waals surface area contributed by atoms with E-state index in [1.807, 2.05) is 6.07 Å². The highest BCUT2D eigenvalue weighted by molar-refractivity contribution is 5.67. The van der Waals surface area contributed by atoms with Crippen molar-refractivity contribution in [1.29, 1.82) is 0 Å². The standard InChI is InChI=1S/C19H29NO3/c1-2-3-14-23-19(22)20-13-12-17(18(21)15-20)11-7-10-16-8-5-4-6-9-16/h4-6,8-9,17-18,21H,2-3,7,10-15H2,1H3/t17-,18+/m0/s1. The number of piperidine rings is 1. The number of carbonyl (C=O) groups excluding carboxylic acids is 1. The van der Waals surface area contributed by atoms with Crippen LogP contribution in [0.4, 0.5) is 4.79 Å². The van der Waals surface area contributed by atoms with Gasteiger partial charge in [0.2, 0.25) is 0 Å². The Kier molecular flexibility index (Phi) is 7.40. The Bertz CT molecular complexity index is 463. The number of aryl methyl sites for hydroxylation is 1. The van der Waals surface area contributed by atoms with E-state index in [1.54, 1.807) is 4.90 Å². The molecular formula is C19H29NO3.